The van der Waals surface area contributed by atoms with Gasteiger partial charge in [0.15, 0.2) is 0 Å². The monoisotopic (exact) mass is 223 g/mol. The van der Waals surface area contributed by atoms with Gasteiger partial charge in [-0.2, -0.15) is 0 Å². The molecule has 1 rings (SSSR count). The Morgan fingerprint density at radius 3 is 2.81 bits per heavy atom. The van der Waals surface area contributed by atoms with Gasteiger partial charge in [0.25, 0.3) is 0 Å². The normalized spacial score (nSPS) is 10.8. The van der Waals surface area contributed by atoms with Crippen molar-refractivity contribution in [2.24, 2.45) is 7.05 Å². The fraction of sp³-hybridized carbons (Fsp3) is 0.583. The Balaban J connectivity index is 2.16. The number of amides is 1. The summed E-state index contributed by atoms with van der Waals surface area (Å²) in [5, 5.41) is 2.92. The molecule has 0 atom stereocenters. The maximum Gasteiger partial charge on any atom is 0.224 e. The first-order valence-electron chi connectivity index (χ1n) is 5.60. The van der Waals surface area contributed by atoms with E-state index < -0.39 is 0 Å². The molecular formula is C12H21N3O. The Bertz CT molecular complexity index is 331. The highest BCUT2D eigenvalue weighted by atomic mass is 16.1. The van der Waals surface area contributed by atoms with Crippen LogP contribution in [0.15, 0.2) is 18.5 Å². The molecule has 0 saturated carbocycles. The van der Waals surface area contributed by atoms with Crippen molar-refractivity contribution < 1.29 is 4.79 Å². The zero-order valence-electron chi connectivity index (χ0n) is 10.4. The van der Waals surface area contributed by atoms with Crippen molar-refractivity contribution in [1.82, 2.24) is 14.8 Å². The van der Waals surface area contributed by atoms with Gasteiger partial charge in [-0.05, 0) is 38.7 Å². The number of nitrogens with one attached hydrogen (secondary N) is 1. The van der Waals surface area contributed by atoms with E-state index in [1.54, 1.807) is 0 Å². The topological polar surface area (TPSA) is 37.3 Å². The lowest BCUT2D eigenvalue weighted by atomic mass is 10.2. The van der Waals surface area contributed by atoms with Gasteiger partial charge < -0.3 is 14.8 Å². The average molecular weight is 223 g/mol. The van der Waals surface area contributed by atoms with Crippen molar-refractivity contribution in [3.63, 3.8) is 0 Å². The fourth-order valence-corrected chi connectivity index (χ4v) is 1.54. The molecule has 0 saturated heterocycles. The van der Waals surface area contributed by atoms with Crippen molar-refractivity contribution in [2.75, 3.05) is 27.2 Å². The van der Waals surface area contributed by atoms with Gasteiger partial charge in [-0.15, -0.1) is 0 Å². The maximum atomic E-state index is 11.5. The maximum absolute atomic E-state index is 11.5. The van der Waals surface area contributed by atoms with Crippen LogP contribution in [0, 0.1) is 0 Å². The van der Waals surface area contributed by atoms with Crippen LogP contribution in [-0.4, -0.2) is 42.6 Å². The Labute approximate surface area is 97.2 Å². The van der Waals surface area contributed by atoms with E-state index in [4.69, 9.17) is 0 Å². The Morgan fingerprint density at radius 2 is 2.25 bits per heavy atom. The molecule has 0 aliphatic heterocycles. The second kappa shape index (κ2) is 6.33. The summed E-state index contributed by atoms with van der Waals surface area (Å²) in [5.74, 6) is 0.102. The summed E-state index contributed by atoms with van der Waals surface area (Å²) in [5.41, 5.74) is 1.06. The molecular weight excluding hydrogens is 202 g/mol. The van der Waals surface area contributed by atoms with Crippen LogP contribution in [0.1, 0.15) is 12.0 Å². The van der Waals surface area contributed by atoms with Crippen molar-refractivity contribution in [3.8, 4) is 0 Å². The highest BCUT2D eigenvalue weighted by Crippen LogP contribution is 2.00. The molecule has 1 amide bonds. The molecule has 1 aromatic rings. The standard InChI is InChI=1S/C12H21N3O/c1-14(2)7-4-6-13-12(16)9-11-5-8-15(3)10-11/h5,8,10H,4,6-7,9H2,1-3H3,(H,13,16). The first kappa shape index (κ1) is 12.8. The van der Waals surface area contributed by atoms with Crippen molar-refractivity contribution in [2.45, 2.75) is 12.8 Å². The van der Waals surface area contributed by atoms with Gasteiger partial charge in [-0.25, -0.2) is 0 Å². The Hall–Kier alpha value is -1.29. The molecule has 0 aliphatic carbocycles. The molecule has 0 unspecified atom stereocenters. The summed E-state index contributed by atoms with van der Waals surface area (Å²) in [6, 6.07) is 1.97. The zero-order valence-corrected chi connectivity index (χ0v) is 10.4. The summed E-state index contributed by atoms with van der Waals surface area (Å²) in [6.07, 6.45) is 5.39. The van der Waals surface area contributed by atoms with E-state index in [1.807, 2.05) is 44.2 Å². The largest absolute Gasteiger partial charge is 0.357 e. The zero-order chi connectivity index (χ0) is 12.0. The summed E-state index contributed by atoms with van der Waals surface area (Å²) < 4.78 is 1.95. The summed E-state index contributed by atoms with van der Waals surface area (Å²) in [4.78, 5) is 13.6. The molecule has 0 fully saturated rings. The SMILES string of the molecule is CN(C)CCCNC(=O)Cc1ccn(C)c1. The van der Waals surface area contributed by atoms with Crippen LogP contribution >= 0.6 is 0 Å². The predicted octanol–water partition coefficient (Wildman–Crippen LogP) is 0.635. The molecule has 1 N–H and O–H groups in total. The summed E-state index contributed by atoms with van der Waals surface area (Å²) in [7, 11) is 6.02. The van der Waals surface area contributed by atoms with Gasteiger partial charge in [0.2, 0.25) is 5.91 Å². The molecule has 16 heavy (non-hydrogen) atoms. The number of aromatic nitrogens is 1. The molecule has 4 nitrogen and oxygen atoms in total. The number of carbonyl (C=O) groups is 1. The lowest BCUT2D eigenvalue weighted by molar-refractivity contribution is -0.120. The molecule has 0 aliphatic rings. The molecule has 0 bridgehead atoms. The number of aryl methyl sites for hydroxylation is 1. The first-order chi connectivity index (χ1) is 7.58. The number of hydrogen-bond acceptors (Lipinski definition) is 2. The summed E-state index contributed by atoms with van der Waals surface area (Å²) >= 11 is 0. The fourth-order valence-electron chi connectivity index (χ4n) is 1.54. The third-order valence-corrected chi connectivity index (χ3v) is 2.36. The Kier molecular flexibility index (Phi) is 5.05. The molecule has 1 heterocycles. The van der Waals surface area contributed by atoms with Crippen molar-refractivity contribution in [1.29, 1.82) is 0 Å². The van der Waals surface area contributed by atoms with E-state index in [0.717, 1.165) is 25.1 Å². The van der Waals surface area contributed by atoms with Crippen molar-refractivity contribution in [3.05, 3.63) is 24.0 Å². The lowest BCUT2D eigenvalue weighted by Crippen LogP contribution is -2.28. The second-order valence-corrected chi connectivity index (χ2v) is 4.37. The average Bonchev–Trinajstić information content (AvgIpc) is 2.58. The van der Waals surface area contributed by atoms with Crippen LogP contribution in [0.4, 0.5) is 0 Å². The van der Waals surface area contributed by atoms with E-state index in [0.29, 0.717) is 6.42 Å². The van der Waals surface area contributed by atoms with Gasteiger partial charge in [-0.1, -0.05) is 0 Å². The van der Waals surface area contributed by atoms with Crippen LogP contribution in [0.25, 0.3) is 0 Å². The van der Waals surface area contributed by atoms with E-state index in [1.165, 1.54) is 0 Å². The van der Waals surface area contributed by atoms with Gasteiger partial charge in [-0.3, -0.25) is 4.79 Å². The Morgan fingerprint density at radius 1 is 1.50 bits per heavy atom. The van der Waals surface area contributed by atoms with Crippen molar-refractivity contribution >= 4 is 5.91 Å². The first-order valence-corrected chi connectivity index (χ1v) is 5.60. The molecule has 4 heteroatoms. The van der Waals surface area contributed by atoms with Crippen LogP contribution in [0.3, 0.4) is 0 Å². The minimum atomic E-state index is 0.102. The minimum absolute atomic E-state index is 0.102. The number of nitrogens with zero attached hydrogens (tertiary/aromatic N) is 2. The number of rotatable bonds is 6. The predicted molar refractivity (Wildman–Crippen MR) is 65.3 cm³/mol. The van der Waals surface area contributed by atoms with Crippen LogP contribution in [0.2, 0.25) is 0 Å². The van der Waals surface area contributed by atoms with Crippen LogP contribution in [-0.2, 0) is 18.3 Å². The smallest absolute Gasteiger partial charge is 0.224 e. The summed E-state index contributed by atoms with van der Waals surface area (Å²) in [6.45, 7) is 1.76. The van der Waals surface area contributed by atoms with Gasteiger partial charge in [0.05, 0.1) is 6.42 Å². The molecule has 0 radical (unpaired) electrons. The molecule has 0 aromatic carbocycles. The van der Waals surface area contributed by atoms with E-state index in [9.17, 15) is 4.79 Å². The molecule has 0 spiro atoms. The minimum Gasteiger partial charge on any atom is -0.357 e. The van der Waals surface area contributed by atoms with Gasteiger partial charge in [0.1, 0.15) is 0 Å². The molecule has 90 valence electrons. The third kappa shape index (κ3) is 4.98. The highest BCUT2D eigenvalue weighted by molar-refractivity contribution is 5.78. The van der Waals surface area contributed by atoms with E-state index >= 15 is 0 Å². The number of carbonyl (C=O) groups excluding carboxylic acids is 1. The third-order valence-electron chi connectivity index (χ3n) is 2.36. The highest BCUT2D eigenvalue weighted by Gasteiger charge is 2.03. The second-order valence-electron chi connectivity index (χ2n) is 4.37. The van der Waals surface area contributed by atoms with E-state index in [2.05, 4.69) is 10.2 Å². The van der Waals surface area contributed by atoms with E-state index in [-0.39, 0.29) is 5.91 Å². The quantitative estimate of drug-likeness (QED) is 0.718. The van der Waals surface area contributed by atoms with Crippen LogP contribution in [0.5, 0.6) is 0 Å². The van der Waals surface area contributed by atoms with Gasteiger partial charge in [0, 0.05) is 26.0 Å². The number of hydrogen-bond donors (Lipinski definition) is 1. The van der Waals surface area contributed by atoms with Gasteiger partial charge >= 0.3 is 0 Å². The molecule has 1 aromatic heterocycles. The van der Waals surface area contributed by atoms with Crippen LogP contribution < -0.4 is 5.32 Å². The lowest BCUT2D eigenvalue weighted by Gasteiger charge is -2.09.